The predicted molar refractivity (Wildman–Crippen MR) is 129 cm³/mol. The minimum absolute atomic E-state index is 0.0222. The summed E-state index contributed by atoms with van der Waals surface area (Å²) in [6, 6.07) is 4.04. The maximum atomic E-state index is 14.9. The number of amides is 2. The Morgan fingerprint density at radius 2 is 1.76 bits per heavy atom. The number of halogens is 1. The van der Waals surface area contributed by atoms with Gasteiger partial charge in [-0.1, -0.05) is 32.1 Å². The van der Waals surface area contributed by atoms with Crippen molar-refractivity contribution in [1.29, 1.82) is 0 Å². The van der Waals surface area contributed by atoms with Crippen molar-refractivity contribution in [2.45, 2.75) is 57.9 Å². The molecule has 1 unspecified atom stereocenters. The molecule has 1 aliphatic heterocycles. The van der Waals surface area contributed by atoms with Gasteiger partial charge in [0.1, 0.15) is 18.1 Å². The number of ether oxygens (including phenoxy) is 1. The monoisotopic (exact) mass is 471 g/mol. The molecular weight excluding hydrogens is 437 g/mol. The Bertz CT molecular complexity index is 978. The van der Waals surface area contributed by atoms with Crippen molar-refractivity contribution in [2.24, 2.45) is 5.92 Å². The maximum absolute atomic E-state index is 14.9. The summed E-state index contributed by atoms with van der Waals surface area (Å²) in [5.74, 6) is -1.02. The Labute approximate surface area is 200 Å². The molecule has 1 aromatic carbocycles. The van der Waals surface area contributed by atoms with E-state index >= 15 is 0 Å². The number of carbonyl (C=O) groups excluding carboxylic acids is 2. The summed E-state index contributed by atoms with van der Waals surface area (Å²) in [6.07, 6.45) is 10.2. The molecule has 2 N–H and O–H groups in total. The average molecular weight is 472 g/mol. The lowest BCUT2D eigenvalue weighted by molar-refractivity contribution is -0.119. The first kappa shape index (κ1) is 24.3. The molecular formula is C26H34FN3O4. The number of hydrogen-bond donors (Lipinski definition) is 2. The molecule has 7 nitrogen and oxygen atoms in total. The van der Waals surface area contributed by atoms with E-state index < -0.39 is 6.04 Å². The Hall–Kier alpha value is -2.87. The highest BCUT2D eigenvalue weighted by Gasteiger charge is 2.31. The minimum atomic E-state index is -0.707. The third-order valence-electron chi connectivity index (χ3n) is 6.86. The van der Waals surface area contributed by atoms with Gasteiger partial charge in [-0.05, 0) is 49.4 Å². The second-order valence-electron chi connectivity index (χ2n) is 9.28. The lowest BCUT2D eigenvalue weighted by atomic mass is 9.85. The molecule has 0 spiro atoms. The first-order valence-electron chi connectivity index (χ1n) is 12.3. The Balaban J connectivity index is 1.50. The van der Waals surface area contributed by atoms with E-state index in [0.29, 0.717) is 43.2 Å². The molecule has 2 heterocycles. The van der Waals surface area contributed by atoms with Gasteiger partial charge in [0.2, 0.25) is 5.91 Å². The molecule has 2 aromatic rings. The molecule has 1 saturated heterocycles. The van der Waals surface area contributed by atoms with Crippen LogP contribution in [-0.4, -0.2) is 44.2 Å². The predicted octanol–water partition coefficient (Wildman–Crippen LogP) is 4.66. The molecule has 0 radical (unpaired) electrons. The SMILES string of the molecule is Cc1cocc1C(=O)NC(C(=O)Nc1ccc(N2CCOCC2)c(F)c1)C1CCCCCCC1. The van der Waals surface area contributed by atoms with Crippen molar-refractivity contribution >= 4 is 23.2 Å². The number of furan rings is 1. The minimum Gasteiger partial charge on any atom is -0.471 e. The van der Waals surface area contributed by atoms with Crippen LogP contribution >= 0.6 is 0 Å². The lowest BCUT2D eigenvalue weighted by Crippen LogP contribution is -2.48. The first-order valence-corrected chi connectivity index (χ1v) is 12.3. The van der Waals surface area contributed by atoms with Gasteiger partial charge >= 0.3 is 0 Å². The van der Waals surface area contributed by atoms with Crippen molar-refractivity contribution in [3.63, 3.8) is 0 Å². The molecule has 1 aliphatic carbocycles. The van der Waals surface area contributed by atoms with E-state index in [2.05, 4.69) is 10.6 Å². The number of hydrogen-bond acceptors (Lipinski definition) is 5. The molecule has 4 rings (SSSR count). The number of anilines is 2. The quantitative estimate of drug-likeness (QED) is 0.640. The molecule has 8 heteroatoms. The summed E-state index contributed by atoms with van der Waals surface area (Å²) in [7, 11) is 0. The molecule has 2 aliphatic rings. The van der Waals surface area contributed by atoms with Gasteiger partial charge in [0.15, 0.2) is 0 Å². The molecule has 184 valence electrons. The van der Waals surface area contributed by atoms with Crippen LogP contribution in [0.2, 0.25) is 0 Å². The standard InChI is InChI=1S/C26H34FN3O4/c1-18-16-34-17-21(18)25(31)29-24(19-7-5-3-2-4-6-8-19)26(32)28-20-9-10-23(22(27)15-20)30-11-13-33-14-12-30/h9-10,15-17,19,24H,2-8,11-14H2,1H3,(H,28,32)(H,29,31). The van der Waals surface area contributed by atoms with Crippen LogP contribution in [0.4, 0.5) is 15.8 Å². The van der Waals surface area contributed by atoms with Gasteiger partial charge in [-0.3, -0.25) is 9.59 Å². The average Bonchev–Trinajstić information content (AvgIpc) is 3.24. The number of aryl methyl sites for hydroxylation is 1. The molecule has 0 bridgehead atoms. The van der Waals surface area contributed by atoms with Gasteiger partial charge in [0.25, 0.3) is 5.91 Å². The summed E-state index contributed by atoms with van der Waals surface area (Å²) >= 11 is 0. The zero-order valence-electron chi connectivity index (χ0n) is 19.8. The fourth-order valence-corrected chi connectivity index (χ4v) is 4.90. The van der Waals surface area contributed by atoms with Crippen molar-refractivity contribution in [1.82, 2.24) is 5.32 Å². The van der Waals surface area contributed by atoms with Crippen molar-refractivity contribution in [3.05, 3.63) is 47.7 Å². The van der Waals surface area contributed by atoms with Gasteiger partial charge in [-0.25, -0.2) is 4.39 Å². The van der Waals surface area contributed by atoms with E-state index in [-0.39, 0.29) is 23.5 Å². The van der Waals surface area contributed by atoms with E-state index in [0.717, 1.165) is 44.1 Å². The summed E-state index contributed by atoms with van der Waals surface area (Å²) in [5.41, 5.74) is 2.02. The van der Waals surface area contributed by atoms with Crippen LogP contribution in [0.15, 0.2) is 35.1 Å². The molecule has 1 atom stereocenters. The zero-order chi connectivity index (χ0) is 23.9. The summed E-state index contributed by atoms with van der Waals surface area (Å²) in [6.45, 7) is 4.19. The smallest absolute Gasteiger partial charge is 0.255 e. The van der Waals surface area contributed by atoms with E-state index in [1.54, 1.807) is 19.1 Å². The van der Waals surface area contributed by atoms with Crippen LogP contribution in [0, 0.1) is 18.7 Å². The number of morpholine rings is 1. The highest BCUT2D eigenvalue weighted by atomic mass is 19.1. The summed E-state index contributed by atoms with van der Waals surface area (Å²) in [4.78, 5) is 28.3. The molecule has 2 amide bonds. The largest absolute Gasteiger partial charge is 0.471 e. The first-order chi connectivity index (χ1) is 16.5. The fourth-order valence-electron chi connectivity index (χ4n) is 4.90. The van der Waals surface area contributed by atoms with Crippen LogP contribution in [0.25, 0.3) is 0 Å². The van der Waals surface area contributed by atoms with Crippen LogP contribution in [0.1, 0.15) is 60.9 Å². The highest BCUT2D eigenvalue weighted by molar-refractivity contribution is 6.01. The summed E-state index contributed by atoms with van der Waals surface area (Å²) < 4.78 is 25.4. The van der Waals surface area contributed by atoms with Crippen molar-refractivity contribution < 1.29 is 23.1 Å². The number of benzene rings is 1. The van der Waals surface area contributed by atoms with E-state index in [4.69, 9.17) is 9.15 Å². The van der Waals surface area contributed by atoms with Gasteiger partial charge in [-0.2, -0.15) is 0 Å². The van der Waals surface area contributed by atoms with Crippen molar-refractivity contribution in [3.8, 4) is 0 Å². The molecule has 1 saturated carbocycles. The van der Waals surface area contributed by atoms with Crippen LogP contribution in [-0.2, 0) is 9.53 Å². The number of nitrogens with one attached hydrogen (secondary N) is 2. The van der Waals surface area contributed by atoms with E-state index in [1.807, 2.05) is 4.90 Å². The fraction of sp³-hybridized carbons (Fsp3) is 0.538. The molecule has 1 aromatic heterocycles. The lowest BCUT2D eigenvalue weighted by Gasteiger charge is -2.30. The third-order valence-corrected chi connectivity index (χ3v) is 6.86. The second-order valence-corrected chi connectivity index (χ2v) is 9.28. The van der Waals surface area contributed by atoms with E-state index in [1.165, 1.54) is 25.0 Å². The van der Waals surface area contributed by atoms with Crippen LogP contribution in [0.3, 0.4) is 0 Å². The normalized spacial score (nSPS) is 18.6. The third kappa shape index (κ3) is 5.97. The van der Waals surface area contributed by atoms with Crippen molar-refractivity contribution in [2.75, 3.05) is 36.5 Å². The van der Waals surface area contributed by atoms with Gasteiger partial charge in [0.05, 0.1) is 30.7 Å². The maximum Gasteiger partial charge on any atom is 0.255 e. The highest BCUT2D eigenvalue weighted by Crippen LogP contribution is 2.28. The molecule has 2 fully saturated rings. The zero-order valence-corrected chi connectivity index (χ0v) is 19.8. The van der Waals surface area contributed by atoms with Crippen LogP contribution < -0.4 is 15.5 Å². The van der Waals surface area contributed by atoms with Gasteiger partial charge in [-0.15, -0.1) is 0 Å². The summed E-state index contributed by atoms with van der Waals surface area (Å²) in [5, 5.41) is 5.80. The number of rotatable bonds is 6. The molecule has 34 heavy (non-hydrogen) atoms. The Morgan fingerprint density at radius 1 is 1.06 bits per heavy atom. The number of carbonyl (C=O) groups is 2. The Morgan fingerprint density at radius 3 is 2.41 bits per heavy atom. The Kier molecular flexibility index (Phi) is 8.21. The number of nitrogens with zero attached hydrogens (tertiary/aromatic N) is 1. The van der Waals surface area contributed by atoms with Crippen LogP contribution in [0.5, 0.6) is 0 Å². The van der Waals surface area contributed by atoms with Gasteiger partial charge < -0.3 is 24.7 Å². The topological polar surface area (TPSA) is 83.8 Å². The van der Waals surface area contributed by atoms with E-state index in [9.17, 15) is 14.0 Å². The second kappa shape index (κ2) is 11.5. The van der Waals surface area contributed by atoms with Gasteiger partial charge in [0, 0.05) is 18.8 Å².